The third-order valence-corrected chi connectivity index (χ3v) is 0.348. The van der Waals surface area contributed by atoms with Gasteiger partial charge in [0.1, 0.15) is 5.78 Å². The summed E-state index contributed by atoms with van der Waals surface area (Å²) in [5.41, 5.74) is 0. The van der Waals surface area contributed by atoms with E-state index in [1.807, 2.05) is 0 Å². The minimum Gasteiger partial charge on any atom is -0.466 e. The summed E-state index contributed by atoms with van der Waals surface area (Å²) in [5.74, 6) is -0.0440. The number of rotatable bonds is 1. The molecule has 0 saturated heterocycles. The number of carbonyl (C=O) groups is 2. The van der Waals surface area contributed by atoms with Gasteiger partial charge < -0.3 is 15.7 Å². The SMILES string of the molecule is CC(C)=O.CCOC(C)=O.N. The molecule has 68 valence electrons. The van der Waals surface area contributed by atoms with Gasteiger partial charge in [-0.15, -0.1) is 0 Å². The smallest absolute Gasteiger partial charge is 0.302 e. The number of carbonyl (C=O) groups excluding carboxylic acids is 2. The summed E-state index contributed by atoms with van der Waals surface area (Å²) in [5, 5.41) is 0. The Kier molecular flexibility index (Phi) is 17.9. The molecule has 0 bridgehead atoms. The lowest BCUT2D eigenvalue weighted by atomic mass is 10.6. The number of hydrogen-bond acceptors (Lipinski definition) is 4. The zero-order valence-electron chi connectivity index (χ0n) is 7.64. The highest BCUT2D eigenvalue weighted by Gasteiger charge is 1.81. The standard InChI is InChI=1S/C4H8O2.C3H6O.H3N/c1-3-6-4(2)5;1-3(2)4;/h3H2,1-2H3;1-2H3;1H3. The Morgan fingerprint density at radius 2 is 1.45 bits per heavy atom. The van der Waals surface area contributed by atoms with E-state index >= 15 is 0 Å². The second-order valence-corrected chi connectivity index (χ2v) is 1.83. The first kappa shape index (κ1) is 16.6. The number of hydrogen-bond donors (Lipinski definition) is 1. The van der Waals surface area contributed by atoms with Crippen LogP contribution in [0.4, 0.5) is 0 Å². The van der Waals surface area contributed by atoms with Crippen LogP contribution in [-0.2, 0) is 14.3 Å². The summed E-state index contributed by atoms with van der Waals surface area (Å²) in [6.07, 6.45) is 0. The summed E-state index contributed by atoms with van der Waals surface area (Å²) in [7, 11) is 0. The molecule has 0 aromatic heterocycles. The maximum Gasteiger partial charge on any atom is 0.302 e. The van der Waals surface area contributed by atoms with E-state index in [4.69, 9.17) is 0 Å². The minimum atomic E-state index is -0.211. The first-order valence-electron chi connectivity index (χ1n) is 3.11. The van der Waals surface area contributed by atoms with Crippen molar-refractivity contribution in [2.75, 3.05) is 6.61 Å². The van der Waals surface area contributed by atoms with Gasteiger partial charge in [0.05, 0.1) is 6.61 Å². The Morgan fingerprint density at radius 1 is 1.18 bits per heavy atom. The second-order valence-electron chi connectivity index (χ2n) is 1.83. The number of ketones is 1. The van der Waals surface area contributed by atoms with Gasteiger partial charge in [-0.1, -0.05) is 0 Å². The van der Waals surface area contributed by atoms with Crippen LogP contribution in [0.25, 0.3) is 0 Å². The first-order valence-corrected chi connectivity index (χ1v) is 3.11. The fourth-order valence-electron chi connectivity index (χ4n) is 0.203. The zero-order chi connectivity index (χ0) is 8.57. The van der Waals surface area contributed by atoms with Crippen molar-refractivity contribution in [2.45, 2.75) is 27.7 Å². The summed E-state index contributed by atoms with van der Waals surface area (Å²) < 4.78 is 4.40. The monoisotopic (exact) mass is 163 g/mol. The van der Waals surface area contributed by atoms with E-state index in [2.05, 4.69) is 4.74 Å². The molecule has 11 heavy (non-hydrogen) atoms. The van der Waals surface area contributed by atoms with Gasteiger partial charge in [-0.3, -0.25) is 4.79 Å². The average molecular weight is 163 g/mol. The van der Waals surface area contributed by atoms with Crippen LogP contribution < -0.4 is 6.15 Å². The lowest BCUT2D eigenvalue weighted by Gasteiger charge is -1.89. The molecule has 0 aromatic carbocycles. The van der Waals surface area contributed by atoms with Crippen molar-refractivity contribution in [2.24, 2.45) is 0 Å². The van der Waals surface area contributed by atoms with Gasteiger partial charge in [-0.05, 0) is 20.8 Å². The van der Waals surface area contributed by atoms with Gasteiger partial charge in [-0.25, -0.2) is 0 Å². The normalized spacial score (nSPS) is 6.55. The molecule has 3 N–H and O–H groups in total. The van der Waals surface area contributed by atoms with Crippen LogP contribution in [0, 0.1) is 0 Å². The van der Waals surface area contributed by atoms with Crippen molar-refractivity contribution >= 4 is 11.8 Å². The second kappa shape index (κ2) is 11.8. The van der Waals surface area contributed by atoms with E-state index in [1.54, 1.807) is 6.92 Å². The van der Waals surface area contributed by atoms with Crippen LogP contribution in [0.2, 0.25) is 0 Å². The molecule has 4 heteroatoms. The van der Waals surface area contributed by atoms with Crippen molar-refractivity contribution in [1.82, 2.24) is 6.15 Å². The van der Waals surface area contributed by atoms with Crippen molar-refractivity contribution in [1.29, 1.82) is 0 Å². The predicted molar refractivity (Wildman–Crippen MR) is 43.7 cm³/mol. The highest BCUT2D eigenvalue weighted by molar-refractivity contribution is 5.72. The minimum absolute atomic E-state index is 0. The molecular weight excluding hydrogens is 146 g/mol. The third kappa shape index (κ3) is 104. The van der Waals surface area contributed by atoms with Crippen LogP contribution in [-0.4, -0.2) is 18.4 Å². The van der Waals surface area contributed by atoms with Crippen molar-refractivity contribution in [3.05, 3.63) is 0 Å². The Bertz CT molecular complexity index is 108. The molecule has 0 radical (unpaired) electrons. The molecule has 0 aliphatic rings. The van der Waals surface area contributed by atoms with Crippen LogP contribution in [0.3, 0.4) is 0 Å². The van der Waals surface area contributed by atoms with Gasteiger partial charge in [0.15, 0.2) is 0 Å². The van der Waals surface area contributed by atoms with Crippen LogP contribution in [0.15, 0.2) is 0 Å². The fraction of sp³-hybridized carbons (Fsp3) is 0.714. The van der Waals surface area contributed by atoms with E-state index in [0.717, 1.165) is 0 Å². The van der Waals surface area contributed by atoms with E-state index in [-0.39, 0.29) is 17.9 Å². The molecule has 0 heterocycles. The van der Waals surface area contributed by atoms with E-state index in [9.17, 15) is 9.59 Å². The van der Waals surface area contributed by atoms with Crippen molar-refractivity contribution in [3.63, 3.8) is 0 Å². The third-order valence-electron chi connectivity index (χ3n) is 0.348. The molecule has 0 fully saturated rings. The highest BCUT2D eigenvalue weighted by Crippen LogP contribution is 1.69. The Hall–Kier alpha value is -0.900. The van der Waals surface area contributed by atoms with Gasteiger partial charge >= 0.3 is 5.97 Å². The van der Waals surface area contributed by atoms with Gasteiger partial charge in [0, 0.05) is 6.92 Å². The summed E-state index contributed by atoms with van der Waals surface area (Å²) in [4.78, 5) is 19.3. The molecule has 0 saturated carbocycles. The molecule has 0 rings (SSSR count). The van der Waals surface area contributed by atoms with Crippen LogP contribution in [0.1, 0.15) is 27.7 Å². The number of esters is 1. The van der Waals surface area contributed by atoms with Crippen LogP contribution in [0.5, 0.6) is 0 Å². The molecule has 0 aromatic rings. The predicted octanol–water partition coefficient (Wildman–Crippen LogP) is 1.33. The quantitative estimate of drug-likeness (QED) is 0.591. The summed E-state index contributed by atoms with van der Waals surface area (Å²) >= 11 is 0. The van der Waals surface area contributed by atoms with Gasteiger partial charge in [0.2, 0.25) is 0 Å². The van der Waals surface area contributed by atoms with E-state index in [0.29, 0.717) is 6.61 Å². The van der Waals surface area contributed by atoms with Crippen molar-refractivity contribution < 1.29 is 14.3 Å². The van der Waals surface area contributed by atoms with Gasteiger partial charge in [0.25, 0.3) is 0 Å². The largest absolute Gasteiger partial charge is 0.466 e. The van der Waals surface area contributed by atoms with Crippen LogP contribution >= 0.6 is 0 Å². The summed E-state index contributed by atoms with van der Waals surface area (Å²) in [6, 6.07) is 0. The lowest BCUT2D eigenvalue weighted by Crippen LogP contribution is -1.95. The van der Waals surface area contributed by atoms with Crippen molar-refractivity contribution in [3.8, 4) is 0 Å². The molecule has 0 spiro atoms. The molecule has 0 aliphatic carbocycles. The maximum atomic E-state index is 9.82. The summed E-state index contributed by atoms with van der Waals surface area (Å²) in [6.45, 7) is 6.71. The Balaban J connectivity index is -0.000000114. The number of ether oxygens (including phenoxy) is 1. The lowest BCUT2D eigenvalue weighted by molar-refractivity contribution is -0.140. The zero-order valence-corrected chi connectivity index (χ0v) is 7.64. The first-order chi connectivity index (χ1) is 4.50. The average Bonchev–Trinajstić information content (AvgIpc) is 1.62. The fourth-order valence-corrected chi connectivity index (χ4v) is 0.203. The molecule has 0 unspecified atom stereocenters. The van der Waals surface area contributed by atoms with E-state index < -0.39 is 0 Å². The maximum absolute atomic E-state index is 9.82. The molecule has 4 nitrogen and oxygen atoms in total. The highest BCUT2D eigenvalue weighted by atomic mass is 16.5. The molecular formula is C7H17NO3. The molecule has 0 aliphatic heterocycles. The van der Waals surface area contributed by atoms with E-state index in [1.165, 1.54) is 20.8 Å². The molecule has 0 amide bonds. The Labute approximate surface area is 67.5 Å². The molecule has 0 atom stereocenters. The topological polar surface area (TPSA) is 78.4 Å². The van der Waals surface area contributed by atoms with Gasteiger partial charge in [-0.2, -0.15) is 0 Å². The number of Topliss-reactive ketones (excluding diaryl/α,β-unsaturated/α-hetero) is 1. The Morgan fingerprint density at radius 3 is 1.45 bits per heavy atom.